The zero-order valence-corrected chi connectivity index (χ0v) is 14.4. The summed E-state index contributed by atoms with van der Waals surface area (Å²) in [7, 11) is 0. The number of rotatable bonds is 0. The van der Waals surface area contributed by atoms with Crippen molar-refractivity contribution < 1.29 is 9.84 Å². The summed E-state index contributed by atoms with van der Waals surface area (Å²) in [6, 6.07) is 0.192. The minimum Gasteiger partial charge on any atom is -0.471 e. The fraction of sp³-hybridized carbons (Fsp3) is 0.688. The van der Waals surface area contributed by atoms with Crippen LogP contribution in [0.25, 0.3) is 11.0 Å². The Morgan fingerprint density at radius 2 is 2.09 bits per heavy atom. The SMILES string of the molecule is CC.Cc1nc2c3c(n[nH]c3n1)OC(C)[C@H]1CC[C@](C)(O)CN21. The van der Waals surface area contributed by atoms with Crippen LogP contribution >= 0.6 is 0 Å². The molecule has 2 N–H and O–H groups in total. The zero-order chi connectivity index (χ0) is 16.8. The van der Waals surface area contributed by atoms with Crippen LogP contribution in [0.1, 0.15) is 46.4 Å². The van der Waals surface area contributed by atoms with Crippen molar-refractivity contribution in [1.82, 2.24) is 20.2 Å². The third-order valence-electron chi connectivity index (χ3n) is 4.48. The van der Waals surface area contributed by atoms with Crippen LogP contribution in [0.4, 0.5) is 5.82 Å². The first-order valence-corrected chi connectivity index (χ1v) is 8.33. The van der Waals surface area contributed by atoms with E-state index >= 15 is 0 Å². The molecule has 2 aromatic rings. The van der Waals surface area contributed by atoms with Gasteiger partial charge in [-0.15, -0.1) is 5.10 Å². The first kappa shape index (κ1) is 16.0. The molecule has 0 spiro atoms. The maximum atomic E-state index is 10.5. The molecule has 0 amide bonds. The first-order chi connectivity index (χ1) is 10.9. The Hall–Kier alpha value is -1.89. The standard InChI is InChI=1S/C14H19N5O2.C2H6/c1-7-9-4-5-14(3,20)6-19(9)12-10-11(15-8(2)16-12)17-18-13(10)21-7;1-2/h7,9,20H,4-6H2,1-3H3,(H,15,16,17,18);1-2H3/t7?,9-,14+;/m1./s1. The van der Waals surface area contributed by atoms with Crippen LogP contribution in [0.15, 0.2) is 0 Å². The van der Waals surface area contributed by atoms with Crippen molar-refractivity contribution in [2.75, 3.05) is 11.4 Å². The van der Waals surface area contributed by atoms with Crippen LogP contribution in [-0.4, -0.2) is 49.6 Å². The van der Waals surface area contributed by atoms with Gasteiger partial charge >= 0.3 is 0 Å². The number of ether oxygens (including phenoxy) is 1. The number of nitrogens with zero attached hydrogens (tertiary/aromatic N) is 4. The number of H-pyrrole nitrogens is 1. The van der Waals surface area contributed by atoms with Crippen molar-refractivity contribution in [3.8, 4) is 5.88 Å². The van der Waals surface area contributed by atoms with E-state index in [1.165, 1.54) is 0 Å². The van der Waals surface area contributed by atoms with Crippen LogP contribution in [0.2, 0.25) is 0 Å². The fourth-order valence-electron chi connectivity index (χ4n) is 3.44. The molecule has 126 valence electrons. The highest BCUT2D eigenvalue weighted by Gasteiger charge is 2.42. The van der Waals surface area contributed by atoms with Gasteiger partial charge in [-0.1, -0.05) is 13.8 Å². The van der Waals surface area contributed by atoms with Crippen molar-refractivity contribution in [2.45, 2.75) is 65.2 Å². The van der Waals surface area contributed by atoms with E-state index in [2.05, 4.69) is 25.1 Å². The molecule has 1 saturated heterocycles. The number of fused-ring (bicyclic) bond motifs is 2. The molecule has 1 fully saturated rings. The van der Waals surface area contributed by atoms with Gasteiger partial charge in [-0.25, -0.2) is 9.97 Å². The van der Waals surface area contributed by atoms with E-state index in [0.717, 1.165) is 24.0 Å². The minimum atomic E-state index is -0.713. The number of aromatic nitrogens is 4. The number of aliphatic hydroxyl groups is 1. The fourth-order valence-corrected chi connectivity index (χ4v) is 3.44. The maximum absolute atomic E-state index is 10.5. The maximum Gasteiger partial charge on any atom is 0.246 e. The van der Waals surface area contributed by atoms with Gasteiger partial charge in [-0.05, 0) is 33.6 Å². The van der Waals surface area contributed by atoms with Gasteiger partial charge in [0.1, 0.15) is 23.1 Å². The van der Waals surface area contributed by atoms with Crippen molar-refractivity contribution in [1.29, 1.82) is 0 Å². The second kappa shape index (κ2) is 5.63. The molecule has 0 aromatic carbocycles. The van der Waals surface area contributed by atoms with E-state index in [-0.39, 0.29) is 12.1 Å². The van der Waals surface area contributed by atoms with Crippen LogP contribution in [0.5, 0.6) is 5.88 Å². The summed E-state index contributed by atoms with van der Waals surface area (Å²) < 4.78 is 6.00. The summed E-state index contributed by atoms with van der Waals surface area (Å²) in [6.45, 7) is 10.3. The Balaban J connectivity index is 0.000000753. The summed E-state index contributed by atoms with van der Waals surface area (Å²) in [5.41, 5.74) is -0.0270. The molecule has 0 radical (unpaired) electrons. The van der Waals surface area contributed by atoms with E-state index in [9.17, 15) is 5.11 Å². The molecule has 0 bridgehead atoms. The molecule has 1 unspecified atom stereocenters. The molecule has 0 saturated carbocycles. The number of aryl methyl sites for hydroxylation is 1. The minimum absolute atomic E-state index is 0.0119. The third-order valence-corrected chi connectivity index (χ3v) is 4.48. The Bertz CT molecular complexity index is 712. The Labute approximate surface area is 136 Å². The number of hydrogen-bond acceptors (Lipinski definition) is 6. The highest BCUT2D eigenvalue weighted by atomic mass is 16.5. The molecule has 2 aromatic heterocycles. The van der Waals surface area contributed by atoms with Crippen LogP contribution in [-0.2, 0) is 0 Å². The Kier molecular flexibility index (Phi) is 3.91. The number of hydrogen-bond donors (Lipinski definition) is 2. The lowest BCUT2D eigenvalue weighted by atomic mass is 9.88. The molecule has 7 nitrogen and oxygen atoms in total. The molecule has 4 heterocycles. The normalized spacial score (nSPS) is 29.2. The molecule has 2 aliphatic rings. The number of nitrogens with one attached hydrogen (secondary N) is 1. The van der Waals surface area contributed by atoms with Gasteiger partial charge in [-0.2, -0.15) is 0 Å². The van der Waals surface area contributed by atoms with E-state index in [4.69, 9.17) is 4.74 Å². The van der Waals surface area contributed by atoms with Crippen molar-refractivity contribution in [3.63, 3.8) is 0 Å². The quantitative estimate of drug-likeness (QED) is 0.774. The molecule has 23 heavy (non-hydrogen) atoms. The van der Waals surface area contributed by atoms with Crippen LogP contribution < -0.4 is 9.64 Å². The molecular weight excluding hydrogens is 294 g/mol. The van der Waals surface area contributed by atoms with Gasteiger partial charge in [0, 0.05) is 6.54 Å². The van der Waals surface area contributed by atoms with Crippen molar-refractivity contribution in [3.05, 3.63) is 5.82 Å². The predicted octanol–water partition coefficient (Wildman–Crippen LogP) is 2.19. The lowest BCUT2D eigenvalue weighted by molar-refractivity contribution is 0.0242. The van der Waals surface area contributed by atoms with Crippen molar-refractivity contribution in [2.24, 2.45) is 0 Å². The topological polar surface area (TPSA) is 87.2 Å². The highest BCUT2D eigenvalue weighted by molar-refractivity contribution is 5.92. The highest BCUT2D eigenvalue weighted by Crippen LogP contribution is 2.40. The third kappa shape index (κ3) is 2.63. The largest absolute Gasteiger partial charge is 0.471 e. The van der Waals surface area contributed by atoms with Gasteiger partial charge < -0.3 is 14.7 Å². The molecule has 3 atom stereocenters. The first-order valence-electron chi connectivity index (χ1n) is 8.33. The van der Waals surface area contributed by atoms with Gasteiger partial charge in [0.05, 0.1) is 11.6 Å². The summed E-state index contributed by atoms with van der Waals surface area (Å²) in [5, 5.41) is 18.4. The summed E-state index contributed by atoms with van der Waals surface area (Å²) in [6.07, 6.45) is 1.62. The average molecular weight is 319 g/mol. The van der Waals surface area contributed by atoms with Crippen molar-refractivity contribution >= 4 is 16.9 Å². The van der Waals surface area contributed by atoms with Gasteiger partial charge in [0.15, 0.2) is 5.65 Å². The number of anilines is 1. The Morgan fingerprint density at radius 3 is 2.83 bits per heavy atom. The molecule has 4 rings (SSSR count). The van der Waals surface area contributed by atoms with Crippen LogP contribution in [0.3, 0.4) is 0 Å². The van der Waals surface area contributed by atoms with E-state index in [1.807, 2.05) is 34.6 Å². The molecular formula is C16H25N5O2. The second-order valence-corrected chi connectivity index (χ2v) is 6.40. The van der Waals surface area contributed by atoms with E-state index < -0.39 is 5.60 Å². The number of piperidine rings is 1. The summed E-state index contributed by atoms with van der Waals surface area (Å²) in [5.74, 6) is 2.06. The van der Waals surface area contributed by atoms with E-state index in [0.29, 0.717) is 23.9 Å². The second-order valence-electron chi connectivity index (χ2n) is 6.40. The molecule has 7 heteroatoms. The molecule has 0 aliphatic carbocycles. The summed E-state index contributed by atoms with van der Waals surface area (Å²) in [4.78, 5) is 11.2. The van der Waals surface area contributed by atoms with E-state index in [1.54, 1.807) is 0 Å². The molecule has 2 aliphatic heterocycles. The van der Waals surface area contributed by atoms with Gasteiger partial charge in [-0.3, -0.25) is 5.10 Å². The number of aromatic amines is 1. The zero-order valence-electron chi connectivity index (χ0n) is 14.4. The Morgan fingerprint density at radius 1 is 1.35 bits per heavy atom. The average Bonchev–Trinajstić information content (AvgIpc) is 2.85. The summed E-state index contributed by atoms with van der Waals surface area (Å²) >= 11 is 0. The van der Waals surface area contributed by atoms with Crippen LogP contribution in [0, 0.1) is 6.92 Å². The lowest BCUT2D eigenvalue weighted by Gasteiger charge is -2.44. The monoisotopic (exact) mass is 319 g/mol. The lowest BCUT2D eigenvalue weighted by Crippen LogP contribution is -2.55. The van der Waals surface area contributed by atoms with Gasteiger partial charge in [0.25, 0.3) is 0 Å². The predicted molar refractivity (Wildman–Crippen MR) is 88.9 cm³/mol. The smallest absolute Gasteiger partial charge is 0.246 e. The van der Waals surface area contributed by atoms with Gasteiger partial charge in [0.2, 0.25) is 5.88 Å².